The van der Waals surface area contributed by atoms with Crippen LogP contribution in [0.3, 0.4) is 0 Å². The van der Waals surface area contributed by atoms with Crippen molar-refractivity contribution in [3.05, 3.63) is 36.0 Å². The maximum absolute atomic E-state index is 3.32. The van der Waals surface area contributed by atoms with Crippen molar-refractivity contribution >= 4 is 10.9 Å². The predicted molar refractivity (Wildman–Crippen MR) is 68.1 cm³/mol. The van der Waals surface area contributed by atoms with Crippen LogP contribution in [-0.2, 0) is 13.6 Å². The van der Waals surface area contributed by atoms with Crippen LogP contribution in [0.15, 0.2) is 30.5 Å². The number of benzene rings is 1. The van der Waals surface area contributed by atoms with Gasteiger partial charge in [0.05, 0.1) is 6.54 Å². The fourth-order valence-electron chi connectivity index (χ4n) is 1.91. The highest BCUT2D eigenvalue weighted by molar-refractivity contribution is 5.83. The van der Waals surface area contributed by atoms with E-state index >= 15 is 0 Å². The Morgan fingerprint density at radius 2 is 2.12 bits per heavy atom. The lowest BCUT2D eigenvalue weighted by molar-refractivity contribution is 0.770. The first kappa shape index (κ1) is 10.8. The molecule has 0 atom stereocenters. The lowest BCUT2D eigenvalue weighted by atomic mass is 10.2. The minimum absolute atomic E-state index is 0.750. The number of aromatic nitrogens is 1. The molecule has 0 bridgehead atoms. The SMILES string of the molecule is CC#CCNCc1cn(C)c2ccccc12. The molecule has 0 spiro atoms. The van der Waals surface area contributed by atoms with Crippen molar-refractivity contribution in [1.29, 1.82) is 0 Å². The van der Waals surface area contributed by atoms with Crippen LogP contribution in [0.25, 0.3) is 10.9 Å². The van der Waals surface area contributed by atoms with Crippen molar-refractivity contribution in [2.45, 2.75) is 13.5 Å². The van der Waals surface area contributed by atoms with Crippen LogP contribution in [0, 0.1) is 11.8 Å². The molecular formula is C14H16N2. The highest BCUT2D eigenvalue weighted by Crippen LogP contribution is 2.19. The molecule has 0 radical (unpaired) electrons. The fourth-order valence-corrected chi connectivity index (χ4v) is 1.91. The fraction of sp³-hybridized carbons (Fsp3) is 0.286. The Morgan fingerprint density at radius 3 is 2.94 bits per heavy atom. The van der Waals surface area contributed by atoms with Crippen LogP contribution in [0.2, 0.25) is 0 Å². The Labute approximate surface area is 96.3 Å². The molecule has 0 saturated carbocycles. The zero-order chi connectivity index (χ0) is 11.4. The van der Waals surface area contributed by atoms with E-state index in [2.05, 4.69) is 59.2 Å². The molecule has 2 rings (SSSR count). The summed E-state index contributed by atoms with van der Waals surface area (Å²) < 4.78 is 2.16. The van der Waals surface area contributed by atoms with Crippen LogP contribution < -0.4 is 5.32 Å². The summed E-state index contributed by atoms with van der Waals surface area (Å²) in [7, 11) is 2.08. The summed E-state index contributed by atoms with van der Waals surface area (Å²) in [5.41, 5.74) is 2.61. The summed E-state index contributed by atoms with van der Waals surface area (Å²) in [5.74, 6) is 5.88. The number of nitrogens with zero attached hydrogens (tertiary/aromatic N) is 1. The van der Waals surface area contributed by atoms with Crippen molar-refractivity contribution in [3.8, 4) is 11.8 Å². The first-order valence-corrected chi connectivity index (χ1v) is 5.46. The number of aryl methyl sites for hydroxylation is 1. The summed E-state index contributed by atoms with van der Waals surface area (Å²) in [6, 6.07) is 8.46. The van der Waals surface area contributed by atoms with Crippen LogP contribution in [0.4, 0.5) is 0 Å². The third-order valence-electron chi connectivity index (χ3n) is 2.69. The number of hydrogen-bond donors (Lipinski definition) is 1. The van der Waals surface area contributed by atoms with E-state index in [0.717, 1.165) is 13.1 Å². The highest BCUT2D eigenvalue weighted by Gasteiger charge is 2.04. The number of rotatable bonds is 3. The molecular weight excluding hydrogens is 196 g/mol. The van der Waals surface area contributed by atoms with Gasteiger partial charge in [0.1, 0.15) is 0 Å². The van der Waals surface area contributed by atoms with Gasteiger partial charge in [-0.2, -0.15) is 0 Å². The van der Waals surface area contributed by atoms with Crippen molar-refractivity contribution in [2.24, 2.45) is 7.05 Å². The van der Waals surface area contributed by atoms with Crippen LogP contribution in [-0.4, -0.2) is 11.1 Å². The molecule has 1 aromatic heterocycles. The lowest BCUT2D eigenvalue weighted by Gasteiger charge is -1.98. The number of nitrogens with one attached hydrogen (secondary N) is 1. The Kier molecular flexibility index (Phi) is 3.28. The average molecular weight is 212 g/mol. The summed E-state index contributed by atoms with van der Waals surface area (Å²) in [6.07, 6.45) is 2.18. The number of hydrogen-bond acceptors (Lipinski definition) is 1. The van der Waals surface area contributed by atoms with E-state index in [9.17, 15) is 0 Å². The Balaban J connectivity index is 2.20. The second-order valence-corrected chi connectivity index (χ2v) is 3.81. The van der Waals surface area contributed by atoms with E-state index in [-0.39, 0.29) is 0 Å². The van der Waals surface area contributed by atoms with Crippen LogP contribution >= 0.6 is 0 Å². The Hall–Kier alpha value is -1.72. The topological polar surface area (TPSA) is 17.0 Å². The zero-order valence-corrected chi connectivity index (χ0v) is 9.75. The Morgan fingerprint density at radius 1 is 1.31 bits per heavy atom. The smallest absolute Gasteiger partial charge is 0.0579 e. The molecule has 0 fully saturated rings. The second kappa shape index (κ2) is 4.87. The van der Waals surface area contributed by atoms with Crippen molar-refractivity contribution in [3.63, 3.8) is 0 Å². The predicted octanol–water partition coefficient (Wildman–Crippen LogP) is 2.29. The monoisotopic (exact) mass is 212 g/mol. The van der Waals surface area contributed by atoms with Crippen LogP contribution in [0.5, 0.6) is 0 Å². The molecule has 82 valence electrons. The molecule has 0 aliphatic carbocycles. The molecule has 2 heteroatoms. The lowest BCUT2D eigenvalue weighted by Crippen LogP contribution is -2.12. The summed E-state index contributed by atoms with van der Waals surface area (Å²) in [4.78, 5) is 0. The van der Waals surface area contributed by atoms with Gasteiger partial charge in [-0.1, -0.05) is 24.1 Å². The normalized spacial score (nSPS) is 10.1. The molecule has 0 saturated heterocycles. The third-order valence-corrected chi connectivity index (χ3v) is 2.69. The molecule has 0 aliphatic heterocycles. The highest BCUT2D eigenvalue weighted by atomic mass is 14.9. The maximum Gasteiger partial charge on any atom is 0.0579 e. The van der Waals surface area contributed by atoms with E-state index in [1.54, 1.807) is 0 Å². The molecule has 2 nitrogen and oxygen atoms in total. The van der Waals surface area contributed by atoms with Gasteiger partial charge in [-0.15, -0.1) is 5.92 Å². The van der Waals surface area contributed by atoms with Crippen molar-refractivity contribution in [1.82, 2.24) is 9.88 Å². The number of fused-ring (bicyclic) bond motifs is 1. The van der Waals surface area contributed by atoms with E-state index < -0.39 is 0 Å². The van der Waals surface area contributed by atoms with E-state index in [1.807, 2.05) is 6.92 Å². The van der Waals surface area contributed by atoms with E-state index in [1.165, 1.54) is 16.5 Å². The van der Waals surface area contributed by atoms with Gasteiger partial charge >= 0.3 is 0 Å². The maximum atomic E-state index is 3.32. The van der Waals surface area contributed by atoms with Gasteiger partial charge < -0.3 is 9.88 Å². The quantitative estimate of drug-likeness (QED) is 0.610. The van der Waals surface area contributed by atoms with Crippen molar-refractivity contribution < 1.29 is 0 Å². The van der Waals surface area contributed by atoms with Gasteiger partial charge in [-0.05, 0) is 18.6 Å². The van der Waals surface area contributed by atoms with Crippen molar-refractivity contribution in [2.75, 3.05) is 6.54 Å². The van der Waals surface area contributed by atoms with Gasteiger partial charge in [0.2, 0.25) is 0 Å². The molecule has 2 aromatic rings. The van der Waals surface area contributed by atoms with Gasteiger partial charge in [0.15, 0.2) is 0 Å². The van der Waals surface area contributed by atoms with E-state index in [4.69, 9.17) is 0 Å². The van der Waals surface area contributed by atoms with Crippen LogP contribution in [0.1, 0.15) is 12.5 Å². The summed E-state index contributed by atoms with van der Waals surface area (Å²) >= 11 is 0. The third kappa shape index (κ3) is 2.10. The van der Waals surface area contributed by atoms with Gasteiger partial charge in [0.25, 0.3) is 0 Å². The minimum atomic E-state index is 0.750. The van der Waals surface area contributed by atoms with Gasteiger partial charge in [0, 0.05) is 30.7 Å². The average Bonchev–Trinajstić information content (AvgIpc) is 2.63. The van der Waals surface area contributed by atoms with Gasteiger partial charge in [-0.25, -0.2) is 0 Å². The van der Waals surface area contributed by atoms with Gasteiger partial charge in [-0.3, -0.25) is 0 Å². The molecule has 1 aromatic carbocycles. The first-order valence-electron chi connectivity index (χ1n) is 5.46. The zero-order valence-electron chi connectivity index (χ0n) is 9.75. The molecule has 0 unspecified atom stereocenters. The second-order valence-electron chi connectivity index (χ2n) is 3.81. The largest absolute Gasteiger partial charge is 0.350 e. The molecule has 1 heterocycles. The standard InChI is InChI=1S/C14H16N2/c1-3-4-9-15-10-12-11-16(2)14-8-6-5-7-13(12)14/h5-8,11,15H,9-10H2,1-2H3. The van der Waals surface area contributed by atoms with E-state index in [0.29, 0.717) is 0 Å². The summed E-state index contributed by atoms with van der Waals surface area (Å²) in [6.45, 7) is 3.48. The Bertz CT molecular complexity index is 541. The minimum Gasteiger partial charge on any atom is -0.350 e. The first-order chi connectivity index (χ1) is 7.83. The molecule has 0 amide bonds. The number of para-hydroxylation sites is 1. The molecule has 0 aliphatic rings. The summed E-state index contributed by atoms with van der Waals surface area (Å²) in [5, 5.41) is 4.64. The molecule has 16 heavy (non-hydrogen) atoms. The molecule has 1 N–H and O–H groups in total.